The largest absolute Gasteiger partial charge is 0.486 e. The summed E-state index contributed by atoms with van der Waals surface area (Å²) in [5, 5.41) is 5.01. The van der Waals surface area contributed by atoms with Crippen LogP contribution in [0, 0.1) is 5.82 Å². The smallest absolute Gasteiger partial charge is 0.325 e. The molecule has 0 bridgehead atoms. The normalized spacial score (nSPS) is 19.5. The number of carbonyl (C=O) groups excluding carboxylic acids is 4. The molecule has 2 heterocycles. The minimum absolute atomic E-state index is 0.188. The summed E-state index contributed by atoms with van der Waals surface area (Å²) in [6, 6.07) is 7.69. The summed E-state index contributed by atoms with van der Waals surface area (Å²) in [6.07, 6.45) is 0. The Morgan fingerprint density at radius 3 is 2.53 bits per heavy atom. The van der Waals surface area contributed by atoms with Crippen LogP contribution in [0.4, 0.5) is 14.9 Å². The number of nitrogens with one attached hydrogen (secondary N) is 2. The van der Waals surface area contributed by atoms with E-state index in [0.717, 1.165) is 11.0 Å². The summed E-state index contributed by atoms with van der Waals surface area (Å²) in [6.45, 7) is 2.93. The van der Waals surface area contributed by atoms with Gasteiger partial charge in [-0.15, -0.1) is 0 Å². The molecule has 0 aliphatic carbocycles. The average molecular weight is 441 g/mol. The number of imide groups is 1. The Labute approximate surface area is 182 Å². The summed E-state index contributed by atoms with van der Waals surface area (Å²) in [5.41, 5.74) is -1.08. The number of anilines is 1. The van der Waals surface area contributed by atoms with Crippen molar-refractivity contribution >= 4 is 29.3 Å². The van der Waals surface area contributed by atoms with Gasteiger partial charge in [-0.2, -0.15) is 0 Å². The van der Waals surface area contributed by atoms with Gasteiger partial charge in [-0.25, -0.2) is 9.18 Å². The van der Waals surface area contributed by atoms with Gasteiger partial charge < -0.3 is 20.1 Å². The van der Waals surface area contributed by atoms with Gasteiger partial charge in [0.25, 0.3) is 5.91 Å². The zero-order chi connectivity index (χ0) is 23.0. The first-order valence-electron chi connectivity index (χ1n) is 9.83. The number of ether oxygens (including phenoxy) is 2. The highest BCUT2D eigenvalue weighted by molar-refractivity contribution is 6.11. The molecular formula is C22H20FN3O6. The van der Waals surface area contributed by atoms with Gasteiger partial charge in [-0.3, -0.25) is 19.3 Å². The fourth-order valence-corrected chi connectivity index (χ4v) is 3.64. The first-order valence-corrected chi connectivity index (χ1v) is 9.83. The van der Waals surface area contributed by atoms with Crippen LogP contribution in [0.5, 0.6) is 11.5 Å². The lowest BCUT2D eigenvalue weighted by Crippen LogP contribution is -2.41. The molecule has 166 valence electrons. The van der Waals surface area contributed by atoms with Gasteiger partial charge in [0.2, 0.25) is 5.91 Å². The Morgan fingerprint density at radius 1 is 1.12 bits per heavy atom. The van der Waals surface area contributed by atoms with E-state index in [-0.39, 0.29) is 17.2 Å². The Morgan fingerprint density at radius 2 is 1.84 bits per heavy atom. The van der Waals surface area contributed by atoms with Crippen molar-refractivity contribution in [2.75, 3.05) is 25.1 Å². The maximum atomic E-state index is 14.4. The molecule has 0 saturated carbocycles. The van der Waals surface area contributed by atoms with Crippen LogP contribution in [0.1, 0.15) is 29.8 Å². The number of amides is 4. The third-order valence-electron chi connectivity index (χ3n) is 5.29. The number of ketones is 1. The number of rotatable bonds is 5. The number of hydrogen-bond donors (Lipinski definition) is 2. The highest BCUT2D eigenvalue weighted by Gasteiger charge is 2.50. The van der Waals surface area contributed by atoms with Crippen molar-refractivity contribution in [2.45, 2.75) is 19.4 Å². The number of Topliss-reactive ketones (excluding diaryl/α,β-unsaturated/α-hetero) is 1. The standard InChI is InChI=1S/C22H20FN3O6/c1-12(27)24-14-4-5-15(16(23)10-14)17(28)11-26-20(29)22(2,25-21(26)30)13-3-6-18-19(9-13)32-8-7-31-18/h3-6,9-10H,7-8,11H2,1-2H3,(H,24,27)(H,25,30). The van der Waals surface area contributed by atoms with Gasteiger partial charge in [-0.1, -0.05) is 6.07 Å². The number of carbonyl (C=O) groups is 4. The molecule has 10 heteroatoms. The highest BCUT2D eigenvalue weighted by atomic mass is 19.1. The van der Waals surface area contributed by atoms with E-state index in [1.165, 1.54) is 26.0 Å². The Hall–Kier alpha value is -3.95. The number of fused-ring (bicyclic) bond motifs is 1. The van der Waals surface area contributed by atoms with Crippen LogP contribution in [-0.2, 0) is 15.1 Å². The lowest BCUT2D eigenvalue weighted by molar-refractivity contribution is -0.130. The molecule has 1 atom stereocenters. The zero-order valence-electron chi connectivity index (χ0n) is 17.4. The van der Waals surface area contributed by atoms with Gasteiger partial charge in [-0.05, 0) is 42.8 Å². The van der Waals surface area contributed by atoms with Gasteiger partial charge in [0.15, 0.2) is 17.3 Å². The van der Waals surface area contributed by atoms with E-state index < -0.39 is 35.6 Å². The number of nitrogens with zero attached hydrogens (tertiary/aromatic N) is 1. The number of benzene rings is 2. The van der Waals surface area contributed by atoms with Crippen molar-refractivity contribution in [3.8, 4) is 11.5 Å². The van der Waals surface area contributed by atoms with Crippen molar-refractivity contribution in [1.82, 2.24) is 10.2 Å². The molecule has 2 aromatic carbocycles. The minimum Gasteiger partial charge on any atom is -0.486 e. The molecule has 0 aromatic heterocycles. The molecule has 2 N–H and O–H groups in total. The fraction of sp³-hybridized carbons (Fsp3) is 0.273. The predicted molar refractivity (Wildman–Crippen MR) is 110 cm³/mol. The van der Waals surface area contributed by atoms with E-state index in [9.17, 15) is 23.6 Å². The molecular weight excluding hydrogens is 421 g/mol. The minimum atomic E-state index is -1.43. The molecule has 4 amide bonds. The summed E-state index contributed by atoms with van der Waals surface area (Å²) >= 11 is 0. The molecule has 1 saturated heterocycles. The first kappa shape index (κ1) is 21.3. The third-order valence-corrected chi connectivity index (χ3v) is 5.29. The van der Waals surface area contributed by atoms with Crippen molar-refractivity contribution in [2.24, 2.45) is 0 Å². The van der Waals surface area contributed by atoms with Crippen molar-refractivity contribution in [3.63, 3.8) is 0 Å². The third kappa shape index (κ3) is 3.75. The molecule has 4 rings (SSSR count). The van der Waals surface area contributed by atoms with Crippen LogP contribution in [-0.4, -0.2) is 48.3 Å². The zero-order valence-corrected chi connectivity index (χ0v) is 17.4. The van der Waals surface area contributed by atoms with Crippen molar-refractivity contribution < 1.29 is 33.0 Å². The van der Waals surface area contributed by atoms with Gasteiger partial charge >= 0.3 is 6.03 Å². The van der Waals surface area contributed by atoms with Crippen LogP contribution in [0.2, 0.25) is 0 Å². The Bertz CT molecular complexity index is 1150. The summed E-state index contributed by atoms with van der Waals surface area (Å²) in [4.78, 5) is 50.1. The topological polar surface area (TPSA) is 114 Å². The van der Waals surface area contributed by atoms with Gasteiger partial charge in [0.1, 0.15) is 24.6 Å². The van der Waals surface area contributed by atoms with Gasteiger partial charge in [0, 0.05) is 12.6 Å². The fourth-order valence-electron chi connectivity index (χ4n) is 3.64. The molecule has 1 fully saturated rings. The van der Waals surface area contributed by atoms with Crippen LogP contribution in [0.15, 0.2) is 36.4 Å². The van der Waals surface area contributed by atoms with Crippen LogP contribution < -0.4 is 20.1 Å². The maximum Gasteiger partial charge on any atom is 0.325 e. The number of hydrogen-bond acceptors (Lipinski definition) is 6. The second-order valence-electron chi connectivity index (χ2n) is 7.60. The van der Waals surface area contributed by atoms with Crippen molar-refractivity contribution in [1.29, 1.82) is 0 Å². The molecule has 0 spiro atoms. The van der Waals surface area contributed by atoms with Crippen LogP contribution in [0.25, 0.3) is 0 Å². The van der Waals surface area contributed by atoms with E-state index >= 15 is 0 Å². The monoisotopic (exact) mass is 441 g/mol. The van der Waals surface area contributed by atoms with Crippen LogP contribution >= 0.6 is 0 Å². The highest BCUT2D eigenvalue weighted by Crippen LogP contribution is 2.37. The summed E-state index contributed by atoms with van der Waals surface area (Å²) < 4.78 is 25.4. The molecule has 2 aliphatic rings. The SMILES string of the molecule is CC(=O)Nc1ccc(C(=O)CN2C(=O)NC(C)(c3ccc4c(c3)OCCO4)C2=O)c(F)c1. The second kappa shape index (κ2) is 7.95. The van der Waals surface area contributed by atoms with Crippen molar-refractivity contribution in [3.05, 3.63) is 53.3 Å². The number of urea groups is 1. The van der Waals surface area contributed by atoms with E-state index in [1.54, 1.807) is 18.2 Å². The first-order chi connectivity index (χ1) is 15.2. The second-order valence-corrected chi connectivity index (χ2v) is 7.60. The molecule has 1 unspecified atom stereocenters. The number of halogens is 1. The van der Waals surface area contributed by atoms with E-state index in [0.29, 0.717) is 30.3 Å². The lowest BCUT2D eigenvalue weighted by Gasteiger charge is -2.25. The molecule has 2 aromatic rings. The van der Waals surface area contributed by atoms with Crippen LogP contribution in [0.3, 0.4) is 0 Å². The predicted octanol–water partition coefficient (Wildman–Crippen LogP) is 2.21. The quantitative estimate of drug-likeness (QED) is 0.543. The van der Waals surface area contributed by atoms with E-state index in [1.807, 2.05) is 0 Å². The molecule has 32 heavy (non-hydrogen) atoms. The average Bonchev–Trinajstić information content (AvgIpc) is 2.97. The van der Waals surface area contributed by atoms with E-state index in [2.05, 4.69) is 10.6 Å². The maximum absolute atomic E-state index is 14.4. The summed E-state index contributed by atoms with van der Waals surface area (Å²) in [7, 11) is 0. The summed E-state index contributed by atoms with van der Waals surface area (Å²) in [5.74, 6) is -1.68. The molecule has 9 nitrogen and oxygen atoms in total. The Kier molecular flexibility index (Phi) is 5.29. The Balaban J connectivity index is 1.54. The van der Waals surface area contributed by atoms with E-state index in [4.69, 9.17) is 9.47 Å². The lowest BCUT2D eigenvalue weighted by atomic mass is 9.91. The van der Waals surface area contributed by atoms with Gasteiger partial charge in [0.05, 0.1) is 12.1 Å². The molecule has 2 aliphatic heterocycles. The molecule has 0 radical (unpaired) electrons.